The third kappa shape index (κ3) is 4.30. The number of nitrogens with zero attached hydrogens (tertiary/aromatic N) is 2. The van der Waals surface area contributed by atoms with Crippen LogP contribution in [0.25, 0.3) is 0 Å². The van der Waals surface area contributed by atoms with E-state index >= 15 is 0 Å². The van der Waals surface area contributed by atoms with Crippen molar-refractivity contribution in [3.05, 3.63) is 0 Å². The Hall–Kier alpha value is -1.34. The second-order valence-corrected chi connectivity index (χ2v) is 9.54. The highest BCUT2D eigenvalue weighted by Crippen LogP contribution is 2.43. The minimum atomic E-state index is -0.0711. The van der Waals surface area contributed by atoms with Crippen molar-refractivity contribution in [1.82, 2.24) is 20.4 Å². The van der Waals surface area contributed by atoms with E-state index in [0.29, 0.717) is 25.2 Å². The van der Waals surface area contributed by atoms with Crippen LogP contribution in [0, 0.1) is 0 Å². The van der Waals surface area contributed by atoms with Crippen molar-refractivity contribution in [2.45, 2.75) is 94.0 Å². The Morgan fingerprint density at radius 2 is 1.75 bits per heavy atom. The van der Waals surface area contributed by atoms with Crippen molar-refractivity contribution < 1.29 is 14.3 Å². The lowest BCUT2D eigenvalue weighted by atomic mass is 9.97. The van der Waals surface area contributed by atoms with Crippen LogP contribution in [0.2, 0.25) is 0 Å². The summed E-state index contributed by atoms with van der Waals surface area (Å²) >= 11 is 0. The second-order valence-electron chi connectivity index (χ2n) is 9.54. The molecule has 0 radical (unpaired) electrons. The smallest absolute Gasteiger partial charge is 0.315 e. The van der Waals surface area contributed by atoms with Gasteiger partial charge in [0.2, 0.25) is 5.91 Å². The van der Waals surface area contributed by atoms with Gasteiger partial charge in [0.05, 0.1) is 18.2 Å². The number of urea groups is 1. The van der Waals surface area contributed by atoms with E-state index in [1.807, 2.05) is 14.1 Å². The number of likely N-dealkylation sites (N-methyl/N-ethyl adjacent to an activating group) is 1. The fourth-order valence-corrected chi connectivity index (χ4v) is 5.82. The first-order valence-corrected chi connectivity index (χ1v) is 11.1. The van der Waals surface area contributed by atoms with Crippen molar-refractivity contribution in [2.24, 2.45) is 0 Å². The number of nitrogens with one attached hydrogen (secondary N) is 2. The molecule has 3 saturated heterocycles. The Balaban J connectivity index is 1.19. The van der Waals surface area contributed by atoms with Gasteiger partial charge in [-0.25, -0.2) is 4.79 Å². The molecule has 1 spiro atoms. The number of ether oxygens (including phenoxy) is 1. The molecule has 7 nitrogen and oxygen atoms in total. The number of carbonyl (C=O) groups excluding carboxylic acids is 2. The molecule has 1 saturated carbocycles. The lowest BCUT2D eigenvalue weighted by molar-refractivity contribution is -0.131. The molecule has 0 aromatic carbocycles. The highest BCUT2D eigenvalue weighted by atomic mass is 16.5. The van der Waals surface area contributed by atoms with E-state index in [2.05, 4.69) is 15.5 Å². The highest BCUT2D eigenvalue weighted by molar-refractivity contribution is 5.77. The maximum Gasteiger partial charge on any atom is 0.315 e. The molecule has 4 rings (SSSR count). The van der Waals surface area contributed by atoms with Gasteiger partial charge in [-0.15, -0.1) is 0 Å². The summed E-state index contributed by atoms with van der Waals surface area (Å²) in [5, 5.41) is 6.21. The first-order chi connectivity index (χ1) is 13.4. The second kappa shape index (κ2) is 8.19. The molecule has 7 heteroatoms. The van der Waals surface area contributed by atoms with E-state index in [4.69, 9.17) is 4.74 Å². The van der Waals surface area contributed by atoms with Crippen LogP contribution in [0.4, 0.5) is 4.79 Å². The number of rotatable bonds is 5. The van der Waals surface area contributed by atoms with Crippen LogP contribution in [0.15, 0.2) is 0 Å². The van der Waals surface area contributed by atoms with Crippen molar-refractivity contribution in [2.75, 3.05) is 27.2 Å². The number of piperidine rings is 1. The third-order valence-electron chi connectivity index (χ3n) is 7.38. The van der Waals surface area contributed by atoms with Gasteiger partial charge in [0.15, 0.2) is 0 Å². The molecule has 158 valence electrons. The van der Waals surface area contributed by atoms with E-state index in [1.54, 1.807) is 4.90 Å². The van der Waals surface area contributed by atoms with Crippen molar-refractivity contribution in [1.29, 1.82) is 0 Å². The van der Waals surface area contributed by atoms with E-state index < -0.39 is 0 Å². The zero-order valence-electron chi connectivity index (χ0n) is 17.4. The third-order valence-corrected chi connectivity index (χ3v) is 7.38. The molecular formula is C21H36N4O3. The zero-order chi connectivity index (χ0) is 19.7. The zero-order valence-corrected chi connectivity index (χ0v) is 17.4. The van der Waals surface area contributed by atoms with E-state index in [1.165, 1.54) is 25.7 Å². The van der Waals surface area contributed by atoms with Crippen molar-refractivity contribution in [3.8, 4) is 0 Å². The number of fused-ring (bicyclic) bond motifs is 2. The Kier molecular flexibility index (Phi) is 5.83. The van der Waals surface area contributed by atoms with Gasteiger partial charge >= 0.3 is 6.03 Å². The van der Waals surface area contributed by atoms with E-state index in [-0.39, 0.29) is 29.7 Å². The van der Waals surface area contributed by atoms with E-state index in [0.717, 1.165) is 38.5 Å². The summed E-state index contributed by atoms with van der Waals surface area (Å²) in [6.45, 7) is 1.11. The summed E-state index contributed by atoms with van der Waals surface area (Å²) in [7, 11) is 3.62. The quantitative estimate of drug-likeness (QED) is 0.749. The summed E-state index contributed by atoms with van der Waals surface area (Å²) in [4.78, 5) is 28.5. The highest BCUT2D eigenvalue weighted by Gasteiger charge is 2.43. The van der Waals surface area contributed by atoms with E-state index in [9.17, 15) is 9.59 Å². The molecule has 3 heterocycles. The standard InChI is InChI=1S/C21H36N4O3/c1-24(2)19(26)14-25-16-5-6-17(25)12-15(11-16)23-20(27)22-13-18-7-10-21(28-18)8-3-4-9-21/h15-18H,3-14H2,1-2H3,(H2,22,23,27). The van der Waals surface area contributed by atoms with Gasteiger partial charge in [0.25, 0.3) is 0 Å². The fourth-order valence-electron chi connectivity index (χ4n) is 5.82. The topological polar surface area (TPSA) is 73.9 Å². The monoisotopic (exact) mass is 392 g/mol. The van der Waals surface area contributed by atoms with Crippen LogP contribution in [0.3, 0.4) is 0 Å². The maximum absolute atomic E-state index is 12.4. The number of hydrogen-bond donors (Lipinski definition) is 2. The molecule has 1 aliphatic carbocycles. The molecule has 3 amide bonds. The normalized spacial score (nSPS) is 33.9. The predicted octanol–water partition coefficient (Wildman–Crippen LogP) is 1.86. The average molecular weight is 393 g/mol. The number of carbonyl (C=O) groups is 2. The Morgan fingerprint density at radius 1 is 1.07 bits per heavy atom. The summed E-state index contributed by atoms with van der Waals surface area (Å²) < 4.78 is 6.28. The largest absolute Gasteiger partial charge is 0.370 e. The first kappa shape index (κ1) is 20.0. The van der Waals surface area contributed by atoms with Crippen LogP contribution in [0.1, 0.15) is 64.2 Å². The van der Waals surface area contributed by atoms with Gasteiger partial charge in [-0.2, -0.15) is 0 Å². The molecule has 4 aliphatic rings. The van der Waals surface area contributed by atoms with Crippen molar-refractivity contribution >= 4 is 11.9 Å². The van der Waals surface area contributed by atoms with Crippen LogP contribution < -0.4 is 10.6 Å². The summed E-state index contributed by atoms with van der Waals surface area (Å²) in [6, 6.07) is 0.953. The molecule has 3 unspecified atom stereocenters. The average Bonchev–Trinajstić information content (AvgIpc) is 3.34. The molecule has 2 N–H and O–H groups in total. The summed E-state index contributed by atoms with van der Waals surface area (Å²) in [6.07, 6.45) is 11.4. The predicted molar refractivity (Wildman–Crippen MR) is 107 cm³/mol. The Labute approximate surface area is 168 Å². The first-order valence-electron chi connectivity index (χ1n) is 11.1. The minimum Gasteiger partial charge on any atom is -0.370 e. The van der Waals surface area contributed by atoms with Gasteiger partial charge in [-0.3, -0.25) is 9.69 Å². The molecule has 0 aromatic rings. The van der Waals surface area contributed by atoms with Crippen LogP contribution in [0.5, 0.6) is 0 Å². The number of amides is 3. The van der Waals surface area contributed by atoms with Gasteiger partial charge in [0, 0.05) is 38.8 Å². The van der Waals surface area contributed by atoms with Gasteiger partial charge in [-0.05, 0) is 51.4 Å². The SMILES string of the molecule is CN(C)C(=O)CN1C2CCC1CC(NC(=O)NCC1CCC3(CCCC3)O1)C2. The molecular weight excluding hydrogens is 356 g/mol. The molecule has 4 fully saturated rings. The minimum absolute atomic E-state index is 0.0711. The van der Waals surface area contributed by atoms with Crippen LogP contribution in [-0.4, -0.2) is 78.8 Å². The van der Waals surface area contributed by atoms with Crippen molar-refractivity contribution in [3.63, 3.8) is 0 Å². The molecule has 0 aromatic heterocycles. The summed E-state index contributed by atoms with van der Waals surface area (Å²) in [5.41, 5.74) is 0.124. The molecule has 28 heavy (non-hydrogen) atoms. The molecule has 3 atom stereocenters. The maximum atomic E-state index is 12.4. The fraction of sp³-hybridized carbons (Fsp3) is 0.905. The Bertz CT molecular complexity index is 576. The lowest BCUT2D eigenvalue weighted by Crippen LogP contribution is -2.54. The summed E-state index contributed by atoms with van der Waals surface area (Å²) in [5.74, 6) is 0.164. The van der Waals surface area contributed by atoms with Gasteiger partial charge in [0.1, 0.15) is 0 Å². The lowest BCUT2D eigenvalue weighted by Gasteiger charge is -2.39. The van der Waals surface area contributed by atoms with Crippen LogP contribution in [-0.2, 0) is 9.53 Å². The molecule has 3 aliphatic heterocycles. The van der Waals surface area contributed by atoms with Gasteiger partial charge < -0.3 is 20.3 Å². The van der Waals surface area contributed by atoms with Gasteiger partial charge in [-0.1, -0.05) is 12.8 Å². The Morgan fingerprint density at radius 3 is 2.39 bits per heavy atom. The number of hydrogen-bond acceptors (Lipinski definition) is 4. The molecule has 2 bridgehead atoms. The van der Waals surface area contributed by atoms with Crippen LogP contribution >= 0.6 is 0 Å².